The predicted octanol–water partition coefficient (Wildman–Crippen LogP) is 3.31. The molecular weight excluding hydrogens is 502 g/mol. The van der Waals surface area contributed by atoms with Crippen LogP contribution < -0.4 is 0 Å². The van der Waals surface area contributed by atoms with E-state index in [0.717, 1.165) is 4.90 Å². The number of nitro benzene ring substituents is 2. The number of alkyl halides is 1. The fraction of sp³-hybridized carbons (Fsp3) is 0.318. The van der Waals surface area contributed by atoms with E-state index in [-0.39, 0.29) is 31.1 Å². The molecule has 1 saturated heterocycles. The molecule has 36 heavy (non-hydrogen) atoms. The maximum Gasteiger partial charge on any atom is 0.508 e. The average molecular weight is 522 g/mol. The van der Waals surface area contributed by atoms with E-state index in [9.17, 15) is 34.6 Å². The number of non-ortho nitro benzene ring substituents is 2. The summed E-state index contributed by atoms with van der Waals surface area (Å²) in [5.74, 6) is -2.13. The Morgan fingerprint density at radius 2 is 1.44 bits per heavy atom. The van der Waals surface area contributed by atoms with Crippen molar-refractivity contribution in [2.45, 2.75) is 31.7 Å². The average Bonchev–Trinajstić information content (AvgIpc) is 2.85. The van der Waals surface area contributed by atoms with Gasteiger partial charge >= 0.3 is 12.1 Å². The van der Waals surface area contributed by atoms with Crippen LogP contribution in [0.2, 0.25) is 0 Å². The first-order chi connectivity index (χ1) is 17.1. The third-order valence-corrected chi connectivity index (χ3v) is 5.76. The molecule has 1 aliphatic heterocycles. The van der Waals surface area contributed by atoms with E-state index >= 15 is 0 Å². The van der Waals surface area contributed by atoms with Gasteiger partial charge in [-0.25, -0.2) is 9.59 Å². The molecule has 0 aliphatic carbocycles. The summed E-state index contributed by atoms with van der Waals surface area (Å²) in [6, 6.07) is 10.8. The van der Waals surface area contributed by atoms with Gasteiger partial charge in [0.2, 0.25) is 11.4 Å². The molecule has 3 atom stereocenters. The lowest BCUT2D eigenvalue weighted by Crippen LogP contribution is -2.61. The number of nitrogens with zero attached hydrogens (tertiary/aromatic N) is 3. The Bertz CT molecular complexity index is 1160. The second kappa shape index (κ2) is 11.4. The van der Waals surface area contributed by atoms with Gasteiger partial charge < -0.3 is 19.1 Å². The number of esters is 1. The van der Waals surface area contributed by atoms with Crippen LogP contribution in [0.1, 0.15) is 18.1 Å². The van der Waals surface area contributed by atoms with E-state index in [1.165, 1.54) is 55.5 Å². The van der Waals surface area contributed by atoms with Gasteiger partial charge in [-0.15, -0.1) is 0 Å². The molecule has 14 heteroatoms. The lowest BCUT2D eigenvalue weighted by atomic mass is 9.93. The van der Waals surface area contributed by atoms with Crippen LogP contribution in [0.3, 0.4) is 0 Å². The number of hydrogen-bond acceptors (Lipinski definition) is 10. The van der Waals surface area contributed by atoms with Crippen LogP contribution in [0.25, 0.3) is 0 Å². The van der Waals surface area contributed by atoms with E-state index in [4.69, 9.17) is 25.8 Å². The molecule has 1 fully saturated rings. The SMILES string of the molecule is C[C@@H](OC(=O)OCc1ccc([N+](=O)[O-])cc1)[C@@H]1CN(C(Cl)C(=O)OCc2ccc([N+](=O)[O-])cc2)C1=O. The zero-order valence-electron chi connectivity index (χ0n) is 18.8. The second-order valence-corrected chi connectivity index (χ2v) is 8.16. The first-order valence-electron chi connectivity index (χ1n) is 10.5. The number of amides is 1. The Morgan fingerprint density at radius 1 is 0.972 bits per heavy atom. The molecule has 1 unspecified atom stereocenters. The highest BCUT2D eigenvalue weighted by Crippen LogP contribution is 2.28. The predicted molar refractivity (Wildman–Crippen MR) is 122 cm³/mol. The first-order valence-corrected chi connectivity index (χ1v) is 10.9. The Morgan fingerprint density at radius 3 is 1.89 bits per heavy atom. The molecule has 1 aliphatic rings. The molecule has 3 rings (SSSR count). The number of benzene rings is 2. The van der Waals surface area contributed by atoms with Crippen LogP contribution >= 0.6 is 11.6 Å². The van der Waals surface area contributed by atoms with Crippen molar-refractivity contribution in [3.8, 4) is 0 Å². The number of halogens is 1. The summed E-state index contributed by atoms with van der Waals surface area (Å²) in [4.78, 5) is 57.9. The first kappa shape index (κ1) is 26.3. The van der Waals surface area contributed by atoms with E-state index in [1.54, 1.807) is 0 Å². The molecule has 2 aromatic rings. The second-order valence-electron chi connectivity index (χ2n) is 7.75. The fourth-order valence-electron chi connectivity index (χ4n) is 3.22. The van der Waals surface area contributed by atoms with Crippen molar-refractivity contribution in [1.29, 1.82) is 0 Å². The third-order valence-electron chi connectivity index (χ3n) is 5.34. The van der Waals surface area contributed by atoms with Crippen LogP contribution in [0, 0.1) is 26.1 Å². The van der Waals surface area contributed by atoms with Crippen molar-refractivity contribution >= 4 is 41.0 Å². The normalized spacial score (nSPS) is 16.3. The summed E-state index contributed by atoms with van der Waals surface area (Å²) in [5, 5.41) is 21.3. The zero-order valence-corrected chi connectivity index (χ0v) is 19.5. The maximum absolute atomic E-state index is 12.5. The number of rotatable bonds is 10. The summed E-state index contributed by atoms with van der Waals surface area (Å²) >= 11 is 6.05. The van der Waals surface area contributed by atoms with E-state index < -0.39 is 45.4 Å². The molecule has 0 radical (unpaired) electrons. The van der Waals surface area contributed by atoms with Crippen molar-refractivity contribution in [2.75, 3.05) is 6.54 Å². The number of carbonyl (C=O) groups excluding carboxylic acids is 3. The molecule has 2 aromatic carbocycles. The van der Waals surface area contributed by atoms with Crippen LogP contribution in [-0.4, -0.2) is 50.9 Å². The molecule has 0 bridgehead atoms. The van der Waals surface area contributed by atoms with Crippen LogP contribution in [0.15, 0.2) is 48.5 Å². The fourth-order valence-corrected chi connectivity index (χ4v) is 3.46. The number of hydrogen-bond donors (Lipinski definition) is 0. The summed E-state index contributed by atoms with van der Waals surface area (Å²) in [5.41, 5.74) is -0.596. The summed E-state index contributed by atoms with van der Waals surface area (Å²) in [7, 11) is 0. The highest BCUT2D eigenvalue weighted by Gasteiger charge is 2.47. The summed E-state index contributed by atoms with van der Waals surface area (Å²) in [6.07, 6.45) is -1.89. The van der Waals surface area contributed by atoms with E-state index in [0.29, 0.717) is 11.1 Å². The van der Waals surface area contributed by atoms with Gasteiger partial charge in [0.15, 0.2) is 0 Å². The number of ether oxygens (including phenoxy) is 3. The smallest absolute Gasteiger partial charge is 0.458 e. The van der Waals surface area contributed by atoms with E-state index in [2.05, 4.69) is 0 Å². The van der Waals surface area contributed by atoms with Crippen molar-refractivity contribution in [3.05, 3.63) is 79.9 Å². The van der Waals surface area contributed by atoms with Gasteiger partial charge in [-0.1, -0.05) is 11.6 Å². The van der Waals surface area contributed by atoms with Crippen molar-refractivity contribution in [3.63, 3.8) is 0 Å². The highest BCUT2D eigenvalue weighted by atomic mass is 35.5. The van der Waals surface area contributed by atoms with E-state index in [1.807, 2.05) is 0 Å². The van der Waals surface area contributed by atoms with Gasteiger partial charge in [0, 0.05) is 30.8 Å². The Hall–Kier alpha value is -4.26. The third kappa shape index (κ3) is 6.44. The topological polar surface area (TPSA) is 168 Å². The molecule has 190 valence electrons. The number of nitro groups is 2. The monoisotopic (exact) mass is 521 g/mol. The molecular formula is C22H20ClN3O10. The molecule has 1 amide bonds. The van der Waals surface area contributed by atoms with Crippen LogP contribution in [0.5, 0.6) is 0 Å². The molecule has 0 N–H and O–H groups in total. The van der Waals surface area contributed by atoms with Gasteiger partial charge in [0.05, 0.1) is 15.8 Å². The largest absolute Gasteiger partial charge is 0.508 e. The lowest BCUT2D eigenvalue weighted by molar-refractivity contribution is -0.385. The minimum absolute atomic E-state index is 0.0381. The number of likely N-dealkylation sites (tertiary alicyclic amines) is 1. The van der Waals surface area contributed by atoms with Gasteiger partial charge in [-0.2, -0.15) is 0 Å². The Balaban J connectivity index is 1.41. The Kier molecular flexibility index (Phi) is 8.38. The quantitative estimate of drug-likeness (QED) is 0.113. The number of carbonyl (C=O) groups is 3. The van der Waals surface area contributed by atoms with Crippen LogP contribution in [0.4, 0.5) is 16.2 Å². The van der Waals surface area contributed by atoms with Crippen LogP contribution in [-0.2, 0) is 37.0 Å². The van der Waals surface area contributed by atoms with Gasteiger partial charge in [-0.3, -0.25) is 25.0 Å². The zero-order chi connectivity index (χ0) is 26.4. The lowest BCUT2D eigenvalue weighted by Gasteiger charge is -2.42. The van der Waals surface area contributed by atoms with Crippen molar-refractivity contribution in [2.24, 2.45) is 5.92 Å². The Labute approximate surface area is 208 Å². The van der Waals surface area contributed by atoms with Gasteiger partial charge in [-0.05, 0) is 42.3 Å². The highest BCUT2D eigenvalue weighted by molar-refractivity contribution is 6.30. The molecule has 0 saturated carbocycles. The minimum atomic E-state index is -1.40. The molecule has 0 spiro atoms. The minimum Gasteiger partial charge on any atom is -0.458 e. The molecule has 13 nitrogen and oxygen atoms in total. The summed E-state index contributed by atoms with van der Waals surface area (Å²) in [6.45, 7) is 1.16. The number of β-lactam (4-membered cyclic amide) rings is 1. The van der Waals surface area contributed by atoms with Crippen molar-refractivity contribution in [1.82, 2.24) is 4.90 Å². The maximum atomic E-state index is 12.5. The van der Waals surface area contributed by atoms with Crippen molar-refractivity contribution < 1.29 is 38.4 Å². The molecule has 0 aromatic heterocycles. The summed E-state index contributed by atoms with van der Waals surface area (Å²) < 4.78 is 15.1. The van der Waals surface area contributed by atoms with Gasteiger partial charge in [0.1, 0.15) is 19.3 Å². The molecule has 1 heterocycles. The standard InChI is InChI=1S/C22H20ClN3O10/c1-13(36-22(29)35-12-15-4-8-17(9-5-15)26(32)33)18-10-24(20(18)27)19(23)21(28)34-11-14-2-6-16(7-3-14)25(30)31/h2-9,13,18-19H,10-12H2,1H3/t13-,18+,19?/m1/s1. The van der Waals surface area contributed by atoms with Gasteiger partial charge in [0.25, 0.3) is 11.4 Å².